The van der Waals surface area contributed by atoms with Crippen LogP contribution in [0.4, 0.5) is 5.00 Å². The molecule has 1 aliphatic carbocycles. The lowest BCUT2D eigenvalue weighted by Crippen LogP contribution is -2.22. The number of benzene rings is 1. The fourth-order valence-electron chi connectivity index (χ4n) is 3.68. The van der Waals surface area contributed by atoms with Crippen LogP contribution >= 0.6 is 11.3 Å². The van der Waals surface area contributed by atoms with Gasteiger partial charge in [0.15, 0.2) is 12.3 Å². The van der Waals surface area contributed by atoms with Gasteiger partial charge in [0.2, 0.25) is 0 Å². The number of amides is 1. The van der Waals surface area contributed by atoms with Gasteiger partial charge in [0.25, 0.3) is 5.91 Å². The van der Waals surface area contributed by atoms with Crippen LogP contribution in [0.25, 0.3) is 11.0 Å². The molecule has 1 aliphatic rings. The maximum Gasteiger partial charge on any atom is 0.359 e. The zero-order chi connectivity index (χ0) is 22.7. The van der Waals surface area contributed by atoms with Crippen molar-refractivity contribution in [2.75, 3.05) is 18.5 Å². The van der Waals surface area contributed by atoms with Crippen molar-refractivity contribution in [1.82, 2.24) is 9.97 Å². The van der Waals surface area contributed by atoms with E-state index in [9.17, 15) is 14.4 Å². The number of aromatic nitrogens is 2. The van der Waals surface area contributed by atoms with Crippen LogP contribution in [0.1, 0.15) is 51.6 Å². The number of nitrogens with one attached hydrogen (secondary N) is 1. The van der Waals surface area contributed by atoms with Crippen LogP contribution in [0, 0.1) is 5.92 Å². The molecular weight excluding hydrogens is 430 g/mol. The number of rotatable bonds is 6. The third-order valence-electron chi connectivity index (χ3n) is 5.24. The van der Waals surface area contributed by atoms with E-state index in [0.717, 1.165) is 29.7 Å². The summed E-state index contributed by atoms with van der Waals surface area (Å²) in [5.74, 6) is -1.21. The Balaban J connectivity index is 1.45. The minimum Gasteiger partial charge on any atom is -0.462 e. The van der Waals surface area contributed by atoms with Gasteiger partial charge in [-0.2, -0.15) is 0 Å². The quantitative estimate of drug-likeness (QED) is 0.566. The van der Waals surface area contributed by atoms with Crippen LogP contribution in [0.15, 0.2) is 30.5 Å². The maximum absolute atomic E-state index is 12.6. The number of esters is 2. The van der Waals surface area contributed by atoms with Crippen LogP contribution in [-0.4, -0.2) is 41.0 Å². The van der Waals surface area contributed by atoms with Gasteiger partial charge in [0.1, 0.15) is 5.00 Å². The van der Waals surface area contributed by atoms with Crippen molar-refractivity contribution in [2.24, 2.45) is 5.92 Å². The van der Waals surface area contributed by atoms with Crippen molar-refractivity contribution in [1.29, 1.82) is 0 Å². The molecule has 3 aromatic rings. The molecular formula is C23H23N3O5S. The van der Waals surface area contributed by atoms with E-state index in [0.29, 0.717) is 27.5 Å². The predicted molar refractivity (Wildman–Crippen MR) is 120 cm³/mol. The summed E-state index contributed by atoms with van der Waals surface area (Å²) in [7, 11) is 0. The van der Waals surface area contributed by atoms with E-state index in [1.54, 1.807) is 25.1 Å². The number of anilines is 1. The SMILES string of the molecule is CCOC(=O)c1c(NC(=O)COC(=O)c2cnc3ccccc3n2)sc2c1CCC(C)C2. The molecule has 0 fully saturated rings. The average molecular weight is 454 g/mol. The number of nitrogens with zero attached hydrogens (tertiary/aromatic N) is 2. The van der Waals surface area contributed by atoms with Crippen LogP contribution in [0.3, 0.4) is 0 Å². The summed E-state index contributed by atoms with van der Waals surface area (Å²) < 4.78 is 10.3. The first-order valence-electron chi connectivity index (χ1n) is 10.5. The lowest BCUT2D eigenvalue weighted by atomic mass is 9.88. The van der Waals surface area contributed by atoms with Gasteiger partial charge < -0.3 is 14.8 Å². The molecule has 166 valence electrons. The molecule has 2 heterocycles. The van der Waals surface area contributed by atoms with E-state index in [1.165, 1.54) is 17.5 Å². The zero-order valence-electron chi connectivity index (χ0n) is 17.8. The molecule has 8 nitrogen and oxygen atoms in total. The molecule has 4 rings (SSSR count). The Morgan fingerprint density at radius 2 is 1.94 bits per heavy atom. The second-order valence-corrected chi connectivity index (χ2v) is 8.75. The van der Waals surface area contributed by atoms with Crippen molar-refractivity contribution in [2.45, 2.75) is 33.1 Å². The molecule has 32 heavy (non-hydrogen) atoms. The fourth-order valence-corrected chi connectivity index (χ4v) is 5.10. The summed E-state index contributed by atoms with van der Waals surface area (Å²) in [5, 5.41) is 3.16. The van der Waals surface area contributed by atoms with Gasteiger partial charge in [0, 0.05) is 4.88 Å². The number of thiophene rings is 1. The van der Waals surface area contributed by atoms with Crippen LogP contribution in [0.2, 0.25) is 0 Å². The second-order valence-electron chi connectivity index (χ2n) is 7.64. The third kappa shape index (κ3) is 4.62. The van der Waals surface area contributed by atoms with Crippen LogP contribution in [-0.2, 0) is 27.1 Å². The Morgan fingerprint density at radius 1 is 1.16 bits per heavy atom. The lowest BCUT2D eigenvalue weighted by Gasteiger charge is -2.18. The van der Waals surface area contributed by atoms with Crippen molar-refractivity contribution < 1.29 is 23.9 Å². The number of carbonyl (C=O) groups excluding carboxylic acids is 3. The Bertz CT molecular complexity index is 1190. The standard InChI is InChI=1S/C23H23N3O5S/c1-3-30-23(29)20-14-9-8-13(2)10-18(14)32-21(20)26-19(27)12-31-22(28)17-11-24-15-6-4-5-7-16(15)25-17/h4-7,11,13H,3,8-10,12H2,1-2H3,(H,26,27). The number of ether oxygens (including phenoxy) is 2. The molecule has 0 spiro atoms. The molecule has 1 amide bonds. The molecule has 0 saturated carbocycles. The van der Waals surface area contributed by atoms with Crippen molar-refractivity contribution in [3.63, 3.8) is 0 Å². The smallest absolute Gasteiger partial charge is 0.359 e. The number of hydrogen-bond donors (Lipinski definition) is 1. The molecule has 1 unspecified atom stereocenters. The van der Waals surface area contributed by atoms with E-state index in [1.807, 2.05) is 6.07 Å². The monoisotopic (exact) mass is 453 g/mol. The molecule has 1 aromatic carbocycles. The van der Waals surface area contributed by atoms with E-state index >= 15 is 0 Å². The summed E-state index contributed by atoms with van der Waals surface area (Å²) in [6.45, 7) is 3.65. The Morgan fingerprint density at radius 3 is 2.72 bits per heavy atom. The van der Waals surface area contributed by atoms with E-state index < -0.39 is 24.5 Å². The van der Waals surface area contributed by atoms with Gasteiger partial charge >= 0.3 is 11.9 Å². The minimum atomic E-state index is -0.747. The lowest BCUT2D eigenvalue weighted by molar-refractivity contribution is -0.119. The highest BCUT2D eigenvalue weighted by atomic mass is 32.1. The number of carbonyl (C=O) groups is 3. The van der Waals surface area contributed by atoms with E-state index in [2.05, 4.69) is 22.2 Å². The number of fused-ring (bicyclic) bond motifs is 2. The first-order chi connectivity index (χ1) is 15.5. The molecule has 1 atom stereocenters. The molecule has 0 radical (unpaired) electrons. The molecule has 9 heteroatoms. The van der Waals surface area contributed by atoms with E-state index in [-0.39, 0.29) is 12.3 Å². The van der Waals surface area contributed by atoms with Gasteiger partial charge in [-0.1, -0.05) is 19.1 Å². The fraction of sp³-hybridized carbons (Fsp3) is 0.348. The first kappa shape index (κ1) is 21.9. The Kier molecular flexibility index (Phi) is 6.45. The van der Waals surface area contributed by atoms with Crippen molar-refractivity contribution in [3.05, 3.63) is 52.2 Å². The summed E-state index contributed by atoms with van der Waals surface area (Å²) in [5.41, 5.74) is 2.60. The highest BCUT2D eigenvalue weighted by molar-refractivity contribution is 7.17. The van der Waals surface area contributed by atoms with E-state index in [4.69, 9.17) is 9.47 Å². The van der Waals surface area contributed by atoms with Gasteiger partial charge in [-0.15, -0.1) is 11.3 Å². The Hall–Kier alpha value is -3.33. The molecule has 1 N–H and O–H groups in total. The van der Waals surface area contributed by atoms with Gasteiger partial charge in [0.05, 0.1) is 29.4 Å². The van der Waals surface area contributed by atoms with Crippen LogP contribution in [0.5, 0.6) is 0 Å². The summed E-state index contributed by atoms with van der Waals surface area (Å²) >= 11 is 1.38. The average Bonchev–Trinajstić information content (AvgIpc) is 3.14. The number of hydrogen-bond acceptors (Lipinski definition) is 8. The van der Waals surface area contributed by atoms with Gasteiger partial charge in [-0.3, -0.25) is 9.78 Å². The summed E-state index contributed by atoms with van der Waals surface area (Å²) in [6.07, 6.45) is 3.92. The minimum absolute atomic E-state index is 0.0179. The summed E-state index contributed by atoms with van der Waals surface area (Å²) in [4.78, 5) is 46.9. The third-order valence-corrected chi connectivity index (χ3v) is 6.41. The molecule has 2 aromatic heterocycles. The van der Waals surface area contributed by atoms with Crippen LogP contribution < -0.4 is 5.32 Å². The zero-order valence-corrected chi connectivity index (χ0v) is 18.7. The second kappa shape index (κ2) is 9.44. The predicted octanol–water partition coefficient (Wildman–Crippen LogP) is 3.79. The molecule has 0 aliphatic heterocycles. The van der Waals surface area contributed by atoms with Gasteiger partial charge in [-0.05, 0) is 49.8 Å². The highest BCUT2D eigenvalue weighted by Gasteiger charge is 2.29. The van der Waals surface area contributed by atoms with Crippen molar-refractivity contribution >= 4 is 45.2 Å². The number of para-hydroxylation sites is 2. The Labute approximate surface area is 189 Å². The van der Waals surface area contributed by atoms with Crippen molar-refractivity contribution in [3.8, 4) is 0 Å². The maximum atomic E-state index is 12.6. The topological polar surface area (TPSA) is 107 Å². The van der Waals surface area contributed by atoms with Gasteiger partial charge in [-0.25, -0.2) is 14.6 Å². The normalized spacial score (nSPS) is 15.1. The largest absolute Gasteiger partial charge is 0.462 e. The first-order valence-corrected chi connectivity index (χ1v) is 11.3. The highest BCUT2D eigenvalue weighted by Crippen LogP contribution is 2.40. The molecule has 0 saturated heterocycles. The summed E-state index contributed by atoms with van der Waals surface area (Å²) in [6, 6.07) is 7.14. The molecule has 0 bridgehead atoms.